The topological polar surface area (TPSA) is 57.6 Å². The van der Waals surface area contributed by atoms with E-state index in [1.54, 1.807) is 53.3 Å². The highest BCUT2D eigenvalue weighted by Gasteiger charge is 2.32. The number of halogens is 2. The van der Waals surface area contributed by atoms with Gasteiger partial charge in [-0.3, -0.25) is 14.8 Å². The van der Waals surface area contributed by atoms with E-state index in [-0.39, 0.29) is 18.0 Å². The van der Waals surface area contributed by atoms with E-state index in [0.717, 1.165) is 16.7 Å². The van der Waals surface area contributed by atoms with Gasteiger partial charge in [0.15, 0.2) is 0 Å². The van der Waals surface area contributed by atoms with E-state index in [1.807, 2.05) is 32.0 Å². The number of hydrazone groups is 1. The van der Waals surface area contributed by atoms with Gasteiger partial charge in [0.2, 0.25) is 4.30 Å². The van der Waals surface area contributed by atoms with Crippen LogP contribution in [0.1, 0.15) is 34.0 Å². The van der Waals surface area contributed by atoms with Crippen LogP contribution in [0.2, 0.25) is 0 Å². The van der Waals surface area contributed by atoms with Crippen molar-refractivity contribution < 1.29 is 9.18 Å². The first kappa shape index (κ1) is 19.3. The molecule has 1 amide bonds. The third-order valence-electron chi connectivity index (χ3n) is 4.30. The number of rotatable bonds is 3. The number of amides is 1. The Labute approximate surface area is 171 Å². The Morgan fingerprint density at radius 2 is 2.19 bits per heavy atom. The molecule has 0 bridgehead atoms. The van der Waals surface area contributed by atoms with Crippen molar-refractivity contribution in [2.45, 2.75) is 30.2 Å². The fourth-order valence-electron chi connectivity index (χ4n) is 2.64. The Balaban J connectivity index is 1.75. The average Bonchev–Trinajstić information content (AvgIpc) is 3.02. The molecule has 5 nitrogen and oxygen atoms in total. The number of carbonyl (C=O) groups is 1. The number of hydrogen-bond acceptors (Lipinski definition) is 4. The van der Waals surface area contributed by atoms with Gasteiger partial charge in [0.1, 0.15) is 0 Å². The van der Waals surface area contributed by atoms with Crippen LogP contribution in [-0.2, 0) is 0 Å². The van der Waals surface area contributed by atoms with Crippen LogP contribution >= 0.6 is 22.6 Å². The Bertz CT molecular complexity index is 921. The molecule has 1 aliphatic heterocycles. The fraction of sp³-hybridized carbons (Fsp3) is 0.250. The van der Waals surface area contributed by atoms with E-state index in [2.05, 4.69) is 27.2 Å². The molecule has 2 aromatic rings. The summed E-state index contributed by atoms with van der Waals surface area (Å²) in [6.45, 7) is 3.77. The summed E-state index contributed by atoms with van der Waals surface area (Å²) in [5.41, 5.74) is 3.07. The maximum absolute atomic E-state index is 13.5. The summed E-state index contributed by atoms with van der Waals surface area (Å²) < 4.78 is 12.2. The smallest absolute Gasteiger partial charge is 0.251 e. The molecule has 0 radical (unpaired) electrons. The number of carbonyl (C=O) groups excluding carboxylic acids is 1. The van der Waals surface area contributed by atoms with Crippen molar-refractivity contribution in [1.82, 2.24) is 15.3 Å². The van der Waals surface area contributed by atoms with E-state index in [0.29, 0.717) is 5.56 Å². The first-order chi connectivity index (χ1) is 13.0. The summed E-state index contributed by atoms with van der Waals surface area (Å²) in [7, 11) is 0. The molecular weight excluding hydrogens is 458 g/mol. The lowest BCUT2D eigenvalue weighted by Gasteiger charge is -2.24. The summed E-state index contributed by atoms with van der Waals surface area (Å²) in [6.07, 6.45) is 4.95. The quantitative estimate of drug-likeness (QED) is 0.320. The van der Waals surface area contributed by atoms with Gasteiger partial charge >= 0.3 is 0 Å². The van der Waals surface area contributed by atoms with Crippen LogP contribution in [0.25, 0.3) is 0 Å². The fourth-order valence-corrected chi connectivity index (χ4v) is 3.29. The Morgan fingerprint density at radius 1 is 1.37 bits per heavy atom. The highest BCUT2D eigenvalue weighted by molar-refractivity contribution is 14.1. The SMILES string of the molecule is Cc1ccc(C(=O)NC2C=NN(C(F)I)C2C)cc1C#Cc1cccnc1. The van der Waals surface area contributed by atoms with Gasteiger partial charge in [-0.15, -0.1) is 0 Å². The monoisotopic (exact) mass is 476 g/mol. The van der Waals surface area contributed by atoms with Crippen molar-refractivity contribution in [1.29, 1.82) is 0 Å². The van der Waals surface area contributed by atoms with E-state index in [4.69, 9.17) is 0 Å². The molecule has 0 saturated carbocycles. The van der Waals surface area contributed by atoms with Crippen LogP contribution < -0.4 is 5.32 Å². The van der Waals surface area contributed by atoms with Crippen LogP contribution in [0.4, 0.5) is 4.39 Å². The lowest BCUT2D eigenvalue weighted by molar-refractivity contribution is 0.0909. The van der Waals surface area contributed by atoms with Gasteiger partial charge in [0.05, 0.1) is 12.1 Å². The van der Waals surface area contributed by atoms with Gasteiger partial charge in [-0.25, -0.2) is 4.39 Å². The lowest BCUT2D eigenvalue weighted by Crippen LogP contribution is -2.46. The minimum absolute atomic E-state index is 0.242. The molecule has 1 aromatic carbocycles. The number of alkyl halides is 2. The second kappa shape index (κ2) is 8.48. The van der Waals surface area contributed by atoms with Gasteiger partial charge in [-0.1, -0.05) is 17.9 Å². The van der Waals surface area contributed by atoms with Crippen LogP contribution in [-0.4, -0.2) is 38.5 Å². The van der Waals surface area contributed by atoms with Gasteiger partial charge in [-0.05, 0) is 66.3 Å². The zero-order valence-electron chi connectivity index (χ0n) is 14.9. The van der Waals surface area contributed by atoms with Crippen LogP contribution in [0.5, 0.6) is 0 Å². The summed E-state index contributed by atoms with van der Waals surface area (Å²) in [6, 6.07) is 8.48. The number of hydrogen-bond donors (Lipinski definition) is 1. The predicted octanol–water partition coefficient (Wildman–Crippen LogP) is 3.27. The molecule has 7 heteroatoms. The molecule has 3 unspecified atom stereocenters. The lowest BCUT2D eigenvalue weighted by atomic mass is 10.0. The standard InChI is InChI=1S/C20H18FIN4O/c1-13-5-7-17(10-16(13)8-6-15-4-3-9-23-11-15)19(27)25-18-12-24-26(14(18)2)20(21)22/h3-5,7,9-12,14,18,20H,1-2H3,(H,25,27). The highest BCUT2D eigenvalue weighted by atomic mass is 127. The average molecular weight is 476 g/mol. The second-order valence-electron chi connectivity index (χ2n) is 6.18. The normalized spacial score (nSPS) is 19.3. The highest BCUT2D eigenvalue weighted by Crippen LogP contribution is 2.20. The first-order valence-corrected chi connectivity index (χ1v) is 9.64. The van der Waals surface area contributed by atoms with E-state index < -0.39 is 4.30 Å². The van der Waals surface area contributed by atoms with Crippen molar-refractivity contribution >= 4 is 34.7 Å². The number of nitrogens with one attached hydrogen (secondary N) is 1. The van der Waals surface area contributed by atoms with Gasteiger partial charge < -0.3 is 5.32 Å². The second-order valence-corrected chi connectivity index (χ2v) is 7.21. The number of benzene rings is 1. The molecule has 0 saturated heterocycles. The van der Waals surface area contributed by atoms with E-state index >= 15 is 0 Å². The minimum atomic E-state index is -1.23. The van der Waals surface area contributed by atoms with Crippen molar-refractivity contribution in [3.8, 4) is 11.8 Å². The molecule has 3 atom stereocenters. The zero-order chi connectivity index (χ0) is 19.4. The predicted molar refractivity (Wildman–Crippen MR) is 111 cm³/mol. The van der Waals surface area contributed by atoms with Crippen LogP contribution in [0.15, 0.2) is 47.8 Å². The summed E-state index contributed by atoms with van der Waals surface area (Å²) in [4.78, 5) is 16.7. The van der Waals surface area contributed by atoms with Crippen molar-refractivity contribution in [2.75, 3.05) is 0 Å². The van der Waals surface area contributed by atoms with Crippen LogP contribution in [0.3, 0.4) is 0 Å². The van der Waals surface area contributed by atoms with Crippen molar-refractivity contribution in [3.05, 3.63) is 65.0 Å². The molecule has 1 N–H and O–H groups in total. The maximum atomic E-state index is 13.5. The first-order valence-electron chi connectivity index (χ1n) is 8.40. The zero-order valence-corrected chi connectivity index (χ0v) is 17.0. The van der Waals surface area contributed by atoms with Gasteiger partial charge in [0.25, 0.3) is 5.91 Å². The van der Waals surface area contributed by atoms with Crippen molar-refractivity contribution in [2.24, 2.45) is 5.10 Å². The Kier molecular flexibility index (Phi) is 6.06. The minimum Gasteiger partial charge on any atom is -0.342 e. The molecular formula is C20H18FIN4O. The summed E-state index contributed by atoms with van der Waals surface area (Å²) >= 11 is 1.65. The summed E-state index contributed by atoms with van der Waals surface area (Å²) in [5.74, 6) is 5.90. The number of nitrogens with zero attached hydrogens (tertiary/aromatic N) is 3. The van der Waals surface area contributed by atoms with Gasteiger partial charge in [-0.2, -0.15) is 5.10 Å². The van der Waals surface area contributed by atoms with Crippen LogP contribution in [0, 0.1) is 18.8 Å². The molecule has 138 valence electrons. The molecule has 2 heterocycles. The Morgan fingerprint density at radius 3 is 2.85 bits per heavy atom. The molecule has 1 aliphatic rings. The third kappa shape index (κ3) is 4.63. The molecule has 27 heavy (non-hydrogen) atoms. The Hall–Kier alpha value is -2.47. The largest absolute Gasteiger partial charge is 0.342 e. The maximum Gasteiger partial charge on any atom is 0.251 e. The number of pyridine rings is 1. The molecule has 0 fully saturated rings. The van der Waals surface area contributed by atoms with Gasteiger partial charge in [0, 0.05) is 35.3 Å². The number of aryl methyl sites for hydroxylation is 1. The third-order valence-corrected chi connectivity index (χ3v) is 4.87. The van der Waals surface area contributed by atoms with Crippen molar-refractivity contribution in [3.63, 3.8) is 0 Å². The summed E-state index contributed by atoms with van der Waals surface area (Å²) in [5, 5.41) is 8.24. The number of aromatic nitrogens is 1. The molecule has 0 spiro atoms. The molecule has 3 rings (SSSR count). The van der Waals surface area contributed by atoms with E-state index in [1.165, 1.54) is 5.01 Å². The molecule has 0 aliphatic carbocycles. The van der Waals surface area contributed by atoms with E-state index in [9.17, 15) is 9.18 Å². The molecule has 1 aromatic heterocycles.